The van der Waals surface area contributed by atoms with Gasteiger partial charge < -0.3 is 24.3 Å². The van der Waals surface area contributed by atoms with E-state index in [9.17, 15) is 13.2 Å². The van der Waals surface area contributed by atoms with Gasteiger partial charge in [-0.15, -0.1) is 0 Å². The Bertz CT molecular complexity index is 1290. The molecule has 0 saturated heterocycles. The fourth-order valence-electron chi connectivity index (χ4n) is 3.69. The number of anilines is 1. The summed E-state index contributed by atoms with van der Waals surface area (Å²) < 4.78 is 49.8. The Labute approximate surface area is 218 Å². The summed E-state index contributed by atoms with van der Waals surface area (Å²) in [6, 6.07) is 17.7. The van der Waals surface area contributed by atoms with Crippen LogP contribution in [0.3, 0.4) is 0 Å². The monoisotopic (exact) mass is 528 g/mol. The second-order valence-corrected chi connectivity index (χ2v) is 9.88. The maximum absolute atomic E-state index is 13.8. The molecular formula is C27H32N2O7S. The van der Waals surface area contributed by atoms with E-state index < -0.39 is 22.5 Å². The molecule has 9 nitrogen and oxygen atoms in total. The number of ether oxygens (including phenoxy) is 4. The van der Waals surface area contributed by atoms with Crippen molar-refractivity contribution in [1.82, 2.24) is 5.32 Å². The number of sulfonamides is 1. The molecule has 0 aliphatic carbocycles. The van der Waals surface area contributed by atoms with Crippen LogP contribution in [0.4, 0.5) is 5.69 Å². The molecule has 3 rings (SSSR count). The minimum absolute atomic E-state index is 0.0463. The molecule has 0 aromatic heterocycles. The molecule has 3 aromatic rings. The average Bonchev–Trinajstić information content (AvgIpc) is 2.91. The second kappa shape index (κ2) is 12.4. The van der Waals surface area contributed by atoms with Crippen molar-refractivity contribution in [1.29, 1.82) is 0 Å². The van der Waals surface area contributed by atoms with Gasteiger partial charge in [-0.2, -0.15) is 0 Å². The summed E-state index contributed by atoms with van der Waals surface area (Å²) in [7, 11) is 0.304. The van der Waals surface area contributed by atoms with Crippen molar-refractivity contribution < 1.29 is 32.2 Å². The summed E-state index contributed by atoms with van der Waals surface area (Å²) in [5.74, 6) is 1.46. The van der Waals surface area contributed by atoms with E-state index in [-0.39, 0.29) is 16.7 Å². The minimum atomic E-state index is -4.16. The number of nitrogens with zero attached hydrogens (tertiary/aromatic N) is 1. The Morgan fingerprint density at radius 3 is 2.05 bits per heavy atom. The number of carbonyl (C=O) groups excluding carboxylic acids is 1. The SMILES string of the molecule is CCOc1ccc(N(CC(=O)N[C@@H](C)c2ccc(OC)cc2)S(=O)(=O)c2ccc(OC)c(OC)c2)cc1. The van der Waals surface area contributed by atoms with Crippen LogP contribution in [0, 0.1) is 0 Å². The Morgan fingerprint density at radius 1 is 0.865 bits per heavy atom. The zero-order valence-electron chi connectivity index (χ0n) is 21.6. The number of methoxy groups -OCH3 is 3. The Hall–Kier alpha value is -3.92. The van der Waals surface area contributed by atoms with Gasteiger partial charge in [0.2, 0.25) is 5.91 Å². The van der Waals surface area contributed by atoms with E-state index >= 15 is 0 Å². The van der Waals surface area contributed by atoms with Crippen LogP contribution in [-0.2, 0) is 14.8 Å². The van der Waals surface area contributed by atoms with E-state index in [2.05, 4.69) is 5.32 Å². The molecular weight excluding hydrogens is 496 g/mol. The van der Waals surface area contributed by atoms with E-state index in [0.717, 1.165) is 9.87 Å². The highest BCUT2D eigenvalue weighted by molar-refractivity contribution is 7.92. The maximum Gasteiger partial charge on any atom is 0.264 e. The maximum atomic E-state index is 13.8. The third kappa shape index (κ3) is 6.65. The van der Waals surface area contributed by atoms with Gasteiger partial charge in [-0.05, 0) is 67.9 Å². The number of hydrogen-bond acceptors (Lipinski definition) is 7. The molecule has 0 fully saturated rings. The molecule has 0 unspecified atom stereocenters. The standard InChI is InChI=1S/C27H32N2O7S/c1-6-36-23-13-9-21(10-14-23)29(37(31,32)24-15-16-25(34-4)26(17-24)35-5)18-27(30)28-19(2)20-7-11-22(33-3)12-8-20/h7-17,19H,6,18H2,1-5H3,(H,28,30)/t19-/m0/s1. The van der Waals surface area contributed by atoms with Gasteiger partial charge in [-0.3, -0.25) is 9.10 Å². The highest BCUT2D eigenvalue weighted by Gasteiger charge is 2.29. The third-order valence-corrected chi connectivity index (χ3v) is 7.43. The molecule has 10 heteroatoms. The van der Waals surface area contributed by atoms with Crippen molar-refractivity contribution >= 4 is 21.6 Å². The molecule has 1 atom stereocenters. The molecule has 1 N–H and O–H groups in total. The first kappa shape index (κ1) is 27.7. The van der Waals surface area contributed by atoms with Crippen molar-refractivity contribution in [2.24, 2.45) is 0 Å². The van der Waals surface area contributed by atoms with Gasteiger partial charge in [0.25, 0.3) is 10.0 Å². The average molecular weight is 529 g/mol. The Balaban J connectivity index is 1.92. The first-order valence-electron chi connectivity index (χ1n) is 11.6. The highest BCUT2D eigenvalue weighted by atomic mass is 32.2. The normalized spacial score (nSPS) is 11.8. The van der Waals surface area contributed by atoms with Crippen LogP contribution in [-0.4, -0.2) is 48.8 Å². The Kier molecular flexibility index (Phi) is 9.24. The summed E-state index contributed by atoms with van der Waals surface area (Å²) in [5.41, 5.74) is 1.16. The number of nitrogens with one attached hydrogen (secondary N) is 1. The van der Waals surface area contributed by atoms with Gasteiger partial charge >= 0.3 is 0 Å². The summed E-state index contributed by atoms with van der Waals surface area (Å²) in [5, 5.41) is 2.87. The number of rotatable bonds is 12. The van der Waals surface area contributed by atoms with Crippen molar-refractivity contribution in [2.45, 2.75) is 24.8 Å². The van der Waals surface area contributed by atoms with E-state index in [0.29, 0.717) is 29.5 Å². The van der Waals surface area contributed by atoms with Crippen molar-refractivity contribution in [3.63, 3.8) is 0 Å². The van der Waals surface area contributed by atoms with Crippen molar-refractivity contribution in [3.8, 4) is 23.0 Å². The quantitative estimate of drug-likeness (QED) is 0.376. The first-order valence-corrected chi connectivity index (χ1v) is 13.1. The third-order valence-electron chi connectivity index (χ3n) is 5.66. The second-order valence-electron chi connectivity index (χ2n) is 8.02. The summed E-state index contributed by atoms with van der Waals surface area (Å²) in [4.78, 5) is 13.0. The van der Waals surface area contributed by atoms with Crippen LogP contribution < -0.4 is 28.6 Å². The molecule has 37 heavy (non-hydrogen) atoms. The lowest BCUT2D eigenvalue weighted by Gasteiger charge is -2.25. The van der Waals surface area contributed by atoms with Gasteiger partial charge in [-0.25, -0.2) is 8.42 Å². The fourth-order valence-corrected chi connectivity index (χ4v) is 5.12. The lowest BCUT2D eigenvalue weighted by Crippen LogP contribution is -2.41. The summed E-state index contributed by atoms with van der Waals surface area (Å²) in [6.07, 6.45) is 0. The topological polar surface area (TPSA) is 103 Å². The molecule has 0 radical (unpaired) electrons. The molecule has 0 aliphatic rings. The van der Waals surface area contributed by atoms with Crippen LogP contribution in [0.5, 0.6) is 23.0 Å². The minimum Gasteiger partial charge on any atom is -0.497 e. The van der Waals surface area contributed by atoms with Crippen LogP contribution in [0.1, 0.15) is 25.5 Å². The van der Waals surface area contributed by atoms with Gasteiger partial charge in [-0.1, -0.05) is 12.1 Å². The van der Waals surface area contributed by atoms with Crippen molar-refractivity contribution in [2.75, 3.05) is 38.8 Å². The molecule has 0 bridgehead atoms. The van der Waals surface area contributed by atoms with Gasteiger partial charge in [0, 0.05) is 6.07 Å². The predicted molar refractivity (Wildman–Crippen MR) is 141 cm³/mol. The lowest BCUT2D eigenvalue weighted by molar-refractivity contribution is -0.120. The Morgan fingerprint density at radius 2 is 1.49 bits per heavy atom. The highest BCUT2D eigenvalue weighted by Crippen LogP contribution is 2.32. The summed E-state index contributed by atoms with van der Waals surface area (Å²) in [6.45, 7) is 3.71. The molecule has 0 aliphatic heterocycles. The van der Waals surface area contributed by atoms with Crippen LogP contribution >= 0.6 is 0 Å². The number of carbonyl (C=O) groups is 1. The van der Waals surface area contributed by atoms with E-state index in [1.165, 1.54) is 32.4 Å². The molecule has 198 valence electrons. The van der Waals surface area contributed by atoms with Gasteiger partial charge in [0.15, 0.2) is 11.5 Å². The van der Waals surface area contributed by atoms with E-state index in [1.807, 2.05) is 26.0 Å². The molecule has 1 amide bonds. The van der Waals surface area contributed by atoms with Crippen LogP contribution in [0.15, 0.2) is 71.6 Å². The smallest absolute Gasteiger partial charge is 0.264 e. The van der Waals surface area contributed by atoms with Gasteiger partial charge in [0.05, 0.1) is 44.6 Å². The van der Waals surface area contributed by atoms with E-state index in [4.69, 9.17) is 18.9 Å². The largest absolute Gasteiger partial charge is 0.497 e. The van der Waals surface area contributed by atoms with Gasteiger partial charge in [0.1, 0.15) is 18.0 Å². The zero-order chi connectivity index (χ0) is 27.0. The molecule has 3 aromatic carbocycles. The predicted octanol–water partition coefficient (Wildman–Crippen LogP) is 4.18. The fraction of sp³-hybridized carbons (Fsp3) is 0.296. The number of amides is 1. The number of benzene rings is 3. The molecule has 0 spiro atoms. The lowest BCUT2D eigenvalue weighted by atomic mass is 10.1. The van der Waals surface area contributed by atoms with Crippen LogP contribution in [0.25, 0.3) is 0 Å². The molecule has 0 saturated carbocycles. The summed E-state index contributed by atoms with van der Waals surface area (Å²) >= 11 is 0. The number of hydrogen-bond donors (Lipinski definition) is 1. The molecule has 0 heterocycles. The van der Waals surface area contributed by atoms with E-state index in [1.54, 1.807) is 43.5 Å². The zero-order valence-corrected chi connectivity index (χ0v) is 22.4. The van der Waals surface area contributed by atoms with Crippen LogP contribution in [0.2, 0.25) is 0 Å². The van der Waals surface area contributed by atoms with Crippen molar-refractivity contribution in [3.05, 3.63) is 72.3 Å². The first-order chi connectivity index (χ1) is 17.7.